The molecule has 3 unspecified atom stereocenters. The quantitative estimate of drug-likeness (QED) is 0.788. The third kappa shape index (κ3) is 3.93. The maximum atomic E-state index is 13.8. The standard InChI is InChI=1S/C15H22FNO3/c1-5-9(2)14(15(19)20-4)17-10(3)12-7-6-11(18)8-13(12)16/h6-10,14,17-18H,5H2,1-4H3. The van der Waals surface area contributed by atoms with E-state index in [9.17, 15) is 14.3 Å². The van der Waals surface area contributed by atoms with E-state index in [2.05, 4.69) is 5.32 Å². The minimum atomic E-state index is -0.502. The number of aromatic hydroxyl groups is 1. The number of esters is 1. The molecule has 0 aliphatic rings. The number of methoxy groups -OCH3 is 1. The van der Waals surface area contributed by atoms with E-state index in [1.165, 1.54) is 19.2 Å². The Labute approximate surface area is 119 Å². The van der Waals surface area contributed by atoms with Crippen LogP contribution < -0.4 is 5.32 Å². The highest BCUT2D eigenvalue weighted by atomic mass is 19.1. The van der Waals surface area contributed by atoms with Crippen LogP contribution in [-0.2, 0) is 9.53 Å². The molecule has 0 bridgehead atoms. The lowest BCUT2D eigenvalue weighted by molar-refractivity contribution is -0.144. The van der Waals surface area contributed by atoms with Gasteiger partial charge >= 0.3 is 5.97 Å². The van der Waals surface area contributed by atoms with Crippen LogP contribution in [0.2, 0.25) is 0 Å². The number of phenols is 1. The molecule has 0 saturated carbocycles. The number of ether oxygens (including phenoxy) is 1. The van der Waals surface area contributed by atoms with Crippen molar-refractivity contribution in [3.8, 4) is 5.75 Å². The van der Waals surface area contributed by atoms with Gasteiger partial charge in [-0.15, -0.1) is 0 Å². The van der Waals surface area contributed by atoms with Gasteiger partial charge in [0.25, 0.3) is 0 Å². The number of halogens is 1. The van der Waals surface area contributed by atoms with Crippen LogP contribution in [0.4, 0.5) is 4.39 Å². The monoisotopic (exact) mass is 283 g/mol. The van der Waals surface area contributed by atoms with Crippen molar-refractivity contribution in [3.05, 3.63) is 29.6 Å². The molecule has 0 heterocycles. The summed E-state index contributed by atoms with van der Waals surface area (Å²) in [6, 6.07) is 3.13. The number of phenolic OH excluding ortho intramolecular Hbond substituents is 1. The third-order valence-corrected chi connectivity index (χ3v) is 3.55. The van der Waals surface area contributed by atoms with E-state index >= 15 is 0 Å². The zero-order chi connectivity index (χ0) is 15.3. The minimum absolute atomic E-state index is 0.0741. The van der Waals surface area contributed by atoms with Crippen molar-refractivity contribution in [1.29, 1.82) is 0 Å². The highest BCUT2D eigenvalue weighted by Crippen LogP contribution is 2.23. The fourth-order valence-electron chi connectivity index (χ4n) is 2.05. The van der Waals surface area contributed by atoms with Crippen LogP contribution in [0.3, 0.4) is 0 Å². The summed E-state index contributed by atoms with van der Waals surface area (Å²) in [6.45, 7) is 5.69. The first-order valence-corrected chi connectivity index (χ1v) is 6.73. The number of carbonyl (C=O) groups excluding carboxylic acids is 1. The smallest absolute Gasteiger partial charge is 0.323 e. The molecule has 1 aromatic carbocycles. The Hall–Kier alpha value is -1.62. The first kappa shape index (κ1) is 16.4. The number of rotatable bonds is 6. The summed E-state index contributed by atoms with van der Waals surface area (Å²) in [5, 5.41) is 12.3. The zero-order valence-electron chi connectivity index (χ0n) is 12.3. The second-order valence-corrected chi connectivity index (χ2v) is 4.98. The van der Waals surface area contributed by atoms with Crippen LogP contribution in [0.5, 0.6) is 5.75 Å². The minimum Gasteiger partial charge on any atom is -0.508 e. The summed E-state index contributed by atoms with van der Waals surface area (Å²) in [4.78, 5) is 11.8. The molecular formula is C15H22FNO3. The molecule has 5 heteroatoms. The average molecular weight is 283 g/mol. The molecule has 0 radical (unpaired) electrons. The fourth-order valence-corrected chi connectivity index (χ4v) is 2.05. The van der Waals surface area contributed by atoms with Crippen LogP contribution in [0, 0.1) is 11.7 Å². The van der Waals surface area contributed by atoms with Crippen molar-refractivity contribution in [1.82, 2.24) is 5.32 Å². The van der Waals surface area contributed by atoms with E-state index < -0.39 is 11.9 Å². The molecule has 0 saturated heterocycles. The van der Waals surface area contributed by atoms with Crippen LogP contribution in [-0.4, -0.2) is 24.2 Å². The van der Waals surface area contributed by atoms with Crippen molar-refractivity contribution in [2.45, 2.75) is 39.3 Å². The molecular weight excluding hydrogens is 261 g/mol. The van der Waals surface area contributed by atoms with Gasteiger partial charge in [0, 0.05) is 17.7 Å². The van der Waals surface area contributed by atoms with Gasteiger partial charge in [-0.3, -0.25) is 10.1 Å². The second-order valence-electron chi connectivity index (χ2n) is 4.98. The first-order chi connectivity index (χ1) is 9.40. The van der Waals surface area contributed by atoms with E-state index in [4.69, 9.17) is 4.74 Å². The highest BCUT2D eigenvalue weighted by molar-refractivity contribution is 5.76. The molecule has 2 N–H and O–H groups in total. The van der Waals surface area contributed by atoms with E-state index in [0.717, 1.165) is 12.5 Å². The number of carbonyl (C=O) groups is 1. The Bertz CT molecular complexity index is 464. The predicted molar refractivity (Wildman–Crippen MR) is 74.9 cm³/mol. The molecule has 4 nitrogen and oxygen atoms in total. The molecule has 1 aromatic rings. The maximum Gasteiger partial charge on any atom is 0.323 e. The summed E-state index contributed by atoms with van der Waals surface area (Å²) < 4.78 is 18.6. The van der Waals surface area contributed by atoms with Gasteiger partial charge in [0.15, 0.2) is 0 Å². The summed E-state index contributed by atoms with van der Waals surface area (Å²) in [7, 11) is 1.34. The Kier molecular flexibility index (Phi) is 5.95. The van der Waals surface area contributed by atoms with Crippen LogP contribution >= 0.6 is 0 Å². The molecule has 1 rings (SSSR count). The lowest BCUT2D eigenvalue weighted by atomic mass is 9.97. The summed E-state index contributed by atoms with van der Waals surface area (Å²) in [6.07, 6.45) is 0.803. The molecule has 0 fully saturated rings. The van der Waals surface area contributed by atoms with Crippen molar-refractivity contribution < 1.29 is 19.0 Å². The lowest BCUT2D eigenvalue weighted by Crippen LogP contribution is -2.43. The molecule has 20 heavy (non-hydrogen) atoms. The third-order valence-electron chi connectivity index (χ3n) is 3.55. The van der Waals surface area contributed by atoms with Gasteiger partial charge in [-0.25, -0.2) is 4.39 Å². The molecule has 112 valence electrons. The Morgan fingerprint density at radius 3 is 2.60 bits per heavy atom. The Balaban J connectivity index is 2.90. The fraction of sp³-hybridized carbons (Fsp3) is 0.533. The summed E-state index contributed by atoms with van der Waals surface area (Å²) in [5.74, 6) is -0.905. The van der Waals surface area contributed by atoms with Crippen molar-refractivity contribution in [2.75, 3.05) is 7.11 Å². The number of nitrogens with one attached hydrogen (secondary N) is 1. The molecule has 0 aromatic heterocycles. The number of benzene rings is 1. The molecule has 0 aliphatic heterocycles. The largest absolute Gasteiger partial charge is 0.508 e. The van der Waals surface area contributed by atoms with Crippen LogP contribution in [0.25, 0.3) is 0 Å². The van der Waals surface area contributed by atoms with Crippen LogP contribution in [0.1, 0.15) is 38.8 Å². The van der Waals surface area contributed by atoms with E-state index in [1.54, 1.807) is 6.92 Å². The Morgan fingerprint density at radius 2 is 2.10 bits per heavy atom. The first-order valence-electron chi connectivity index (χ1n) is 6.73. The maximum absolute atomic E-state index is 13.8. The summed E-state index contributed by atoms with van der Waals surface area (Å²) >= 11 is 0. The lowest BCUT2D eigenvalue weighted by Gasteiger charge is -2.26. The SMILES string of the molecule is CCC(C)C(NC(C)c1ccc(O)cc1F)C(=O)OC. The average Bonchev–Trinajstić information content (AvgIpc) is 2.42. The van der Waals surface area contributed by atoms with E-state index in [-0.39, 0.29) is 23.7 Å². The topological polar surface area (TPSA) is 58.6 Å². The Morgan fingerprint density at radius 1 is 1.45 bits per heavy atom. The number of hydrogen-bond donors (Lipinski definition) is 2. The van der Waals surface area contributed by atoms with Gasteiger partial charge in [0.2, 0.25) is 0 Å². The van der Waals surface area contributed by atoms with E-state index in [0.29, 0.717) is 5.56 Å². The van der Waals surface area contributed by atoms with Gasteiger partial charge in [-0.2, -0.15) is 0 Å². The van der Waals surface area contributed by atoms with Crippen molar-refractivity contribution in [2.24, 2.45) is 5.92 Å². The molecule has 0 spiro atoms. The number of hydrogen-bond acceptors (Lipinski definition) is 4. The highest BCUT2D eigenvalue weighted by Gasteiger charge is 2.27. The predicted octanol–water partition coefficient (Wildman–Crippen LogP) is 2.77. The van der Waals surface area contributed by atoms with E-state index in [1.807, 2.05) is 13.8 Å². The summed E-state index contributed by atoms with van der Waals surface area (Å²) in [5.41, 5.74) is 0.403. The van der Waals surface area contributed by atoms with Crippen LogP contribution in [0.15, 0.2) is 18.2 Å². The van der Waals surface area contributed by atoms with Gasteiger partial charge in [0.1, 0.15) is 17.6 Å². The van der Waals surface area contributed by atoms with Gasteiger partial charge in [-0.1, -0.05) is 26.3 Å². The normalized spacial score (nSPS) is 15.4. The molecule has 0 aliphatic carbocycles. The zero-order valence-corrected chi connectivity index (χ0v) is 12.3. The van der Waals surface area contributed by atoms with Crippen molar-refractivity contribution >= 4 is 5.97 Å². The van der Waals surface area contributed by atoms with Gasteiger partial charge in [-0.05, 0) is 18.9 Å². The second kappa shape index (κ2) is 7.24. The molecule has 3 atom stereocenters. The van der Waals surface area contributed by atoms with Crippen molar-refractivity contribution in [3.63, 3.8) is 0 Å². The van der Waals surface area contributed by atoms with Gasteiger partial charge < -0.3 is 9.84 Å². The van der Waals surface area contributed by atoms with Gasteiger partial charge in [0.05, 0.1) is 7.11 Å². The molecule has 0 amide bonds.